The summed E-state index contributed by atoms with van der Waals surface area (Å²) in [5.74, 6) is -0.174. The number of carbonyl (C=O) groups is 2. The number of carbonyl (C=O) groups excluding carboxylic acids is 2. The second-order valence-corrected chi connectivity index (χ2v) is 8.71. The molecule has 166 valence electrons. The van der Waals surface area contributed by atoms with Gasteiger partial charge in [-0.2, -0.15) is 0 Å². The van der Waals surface area contributed by atoms with Crippen molar-refractivity contribution in [3.8, 4) is 27.6 Å². The van der Waals surface area contributed by atoms with E-state index < -0.39 is 12.0 Å². The van der Waals surface area contributed by atoms with E-state index in [0.29, 0.717) is 23.1 Å². The van der Waals surface area contributed by atoms with Crippen LogP contribution < -0.4 is 9.64 Å². The number of fused-ring (bicyclic) bond motifs is 1. The van der Waals surface area contributed by atoms with Gasteiger partial charge in [0.25, 0.3) is 5.91 Å². The average molecular weight is 471 g/mol. The normalized spacial score (nSPS) is 14.0. The number of hydrogen-bond acceptors (Lipinski definition) is 6. The van der Waals surface area contributed by atoms with Gasteiger partial charge in [-0.1, -0.05) is 43.1 Å². The number of esters is 1. The van der Waals surface area contributed by atoms with Crippen molar-refractivity contribution in [2.24, 2.45) is 0 Å². The number of halogens is 1. The molecule has 0 spiro atoms. The average Bonchev–Trinajstić information content (AvgIpc) is 3.28. The molecule has 1 aromatic heterocycles. The van der Waals surface area contributed by atoms with Crippen LogP contribution in [0.1, 0.15) is 26.7 Å². The third-order valence-electron chi connectivity index (χ3n) is 5.21. The predicted octanol–water partition coefficient (Wildman–Crippen LogP) is 5.59. The highest BCUT2D eigenvalue weighted by Crippen LogP contribution is 2.39. The van der Waals surface area contributed by atoms with Crippen LogP contribution in [-0.2, 0) is 14.3 Å². The van der Waals surface area contributed by atoms with Gasteiger partial charge in [0.05, 0.1) is 23.0 Å². The van der Waals surface area contributed by atoms with Crippen molar-refractivity contribution in [2.75, 3.05) is 18.1 Å². The number of nitrogens with zero attached hydrogens (tertiary/aromatic N) is 2. The molecule has 1 atom stereocenters. The van der Waals surface area contributed by atoms with Gasteiger partial charge in [0.15, 0.2) is 6.61 Å². The predicted molar refractivity (Wildman–Crippen MR) is 126 cm³/mol. The van der Waals surface area contributed by atoms with Crippen molar-refractivity contribution < 1.29 is 19.1 Å². The van der Waals surface area contributed by atoms with Crippen LogP contribution in [0.4, 0.5) is 5.69 Å². The van der Waals surface area contributed by atoms with E-state index in [0.717, 1.165) is 34.7 Å². The molecule has 2 aromatic carbocycles. The van der Waals surface area contributed by atoms with Gasteiger partial charge in [-0.25, -0.2) is 9.78 Å². The number of anilines is 1. The van der Waals surface area contributed by atoms with Gasteiger partial charge >= 0.3 is 5.97 Å². The van der Waals surface area contributed by atoms with Crippen LogP contribution in [0.5, 0.6) is 5.75 Å². The number of hydrogen-bond donors (Lipinski definition) is 0. The van der Waals surface area contributed by atoms with Gasteiger partial charge in [-0.05, 0) is 37.6 Å². The lowest BCUT2D eigenvalue weighted by atomic mass is 10.1. The SMILES string of the molecule is CCCCOC(=O)C(C)N1C(=O)COc2ccc(-c3csc(-c4ccccc4Cl)n3)cc21. The van der Waals surface area contributed by atoms with E-state index in [1.54, 1.807) is 13.0 Å². The summed E-state index contributed by atoms with van der Waals surface area (Å²) in [5, 5.41) is 3.39. The van der Waals surface area contributed by atoms with Crippen molar-refractivity contribution in [3.05, 3.63) is 52.9 Å². The van der Waals surface area contributed by atoms with Crippen LogP contribution >= 0.6 is 22.9 Å². The molecule has 8 heteroatoms. The molecule has 1 aliphatic heterocycles. The molecule has 0 saturated carbocycles. The molecule has 0 saturated heterocycles. The lowest BCUT2D eigenvalue weighted by Crippen LogP contribution is -2.48. The summed E-state index contributed by atoms with van der Waals surface area (Å²) in [6.07, 6.45) is 1.71. The molecule has 0 N–H and O–H groups in total. The molecule has 3 aromatic rings. The topological polar surface area (TPSA) is 68.7 Å². The molecule has 0 aliphatic carbocycles. The maximum absolute atomic E-state index is 12.7. The Bertz CT molecular complexity index is 1150. The molecule has 4 rings (SSSR count). The number of rotatable bonds is 7. The second-order valence-electron chi connectivity index (χ2n) is 7.45. The highest BCUT2D eigenvalue weighted by molar-refractivity contribution is 7.13. The largest absolute Gasteiger partial charge is 0.482 e. The fourth-order valence-corrected chi connectivity index (χ4v) is 4.61. The van der Waals surface area contributed by atoms with E-state index in [1.807, 2.05) is 48.7 Å². The Balaban J connectivity index is 1.64. The maximum Gasteiger partial charge on any atom is 0.328 e. The van der Waals surface area contributed by atoms with Crippen LogP contribution in [0.3, 0.4) is 0 Å². The van der Waals surface area contributed by atoms with Crippen molar-refractivity contribution in [2.45, 2.75) is 32.7 Å². The van der Waals surface area contributed by atoms with Crippen LogP contribution in [0.25, 0.3) is 21.8 Å². The van der Waals surface area contributed by atoms with Crippen molar-refractivity contribution in [3.63, 3.8) is 0 Å². The highest BCUT2D eigenvalue weighted by Gasteiger charge is 2.34. The standard InChI is InChI=1S/C24H23ClN2O4S/c1-3-4-11-30-24(29)15(2)27-20-12-16(9-10-21(20)31-13-22(27)28)19-14-32-23(26-19)17-7-5-6-8-18(17)25/h5-10,12,14-15H,3-4,11,13H2,1-2H3. The van der Waals surface area contributed by atoms with Gasteiger partial charge in [-0.3, -0.25) is 9.69 Å². The summed E-state index contributed by atoms with van der Waals surface area (Å²) in [6.45, 7) is 3.92. The molecular weight excluding hydrogens is 448 g/mol. The zero-order valence-electron chi connectivity index (χ0n) is 17.8. The van der Waals surface area contributed by atoms with E-state index >= 15 is 0 Å². The van der Waals surface area contributed by atoms with Crippen LogP contribution in [0.15, 0.2) is 47.8 Å². The lowest BCUT2D eigenvalue weighted by Gasteiger charge is -2.33. The summed E-state index contributed by atoms with van der Waals surface area (Å²) >= 11 is 7.81. The molecule has 0 radical (unpaired) electrons. The van der Waals surface area contributed by atoms with Crippen molar-refractivity contribution in [1.29, 1.82) is 0 Å². The molecule has 0 bridgehead atoms. The Kier molecular flexibility index (Phi) is 6.77. The summed E-state index contributed by atoms with van der Waals surface area (Å²) in [5.41, 5.74) is 2.97. The first-order valence-corrected chi connectivity index (χ1v) is 11.7. The molecule has 2 heterocycles. The minimum absolute atomic E-state index is 0.119. The lowest BCUT2D eigenvalue weighted by molar-refractivity contribution is -0.146. The smallest absolute Gasteiger partial charge is 0.328 e. The van der Waals surface area contributed by atoms with E-state index in [-0.39, 0.29) is 12.5 Å². The molecule has 32 heavy (non-hydrogen) atoms. The number of benzene rings is 2. The monoisotopic (exact) mass is 470 g/mol. The summed E-state index contributed by atoms with van der Waals surface area (Å²) < 4.78 is 10.9. The first-order chi connectivity index (χ1) is 15.5. The first kappa shape index (κ1) is 22.3. The number of thiazole rings is 1. The molecule has 1 unspecified atom stereocenters. The molecule has 1 amide bonds. The van der Waals surface area contributed by atoms with Crippen LogP contribution in [0, 0.1) is 0 Å². The Morgan fingerprint density at radius 1 is 1.31 bits per heavy atom. The minimum atomic E-state index is -0.758. The summed E-state index contributed by atoms with van der Waals surface area (Å²) in [7, 11) is 0. The van der Waals surface area contributed by atoms with Gasteiger partial charge in [0.2, 0.25) is 0 Å². The van der Waals surface area contributed by atoms with Crippen LogP contribution in [-0.4, -0.2) is 36.1 Å². The van der Waals surface area contributed by atoms with Crippen molar-refractivity contribution >= 4 is 40.5 Å². The van der Waals surface area contributed by atoms with E-state index in [4.69, 9.17) is 26.1 Å². The Morgan fingerprint density at radius 3 is 2.91 bits per heavy atom. The molecule has 0 fully saturated rings. The van der Waals surface area contributed by atoms with Crippen molar-refractivity contribution in [1.82, 2.24) is 4.98 Å². The number of ether oxygens (including phenoxy) is 2. The molecule has 6 nitrogen and oxygen atoms in total. The first-order valence-electron chi connectivity index (χ1n) is 10.5. The highest BCUT2D eigenvalue weighted by atomic mass is 35.5. The Hall–Kier alpha value is -2.90. The van der Waals surface area contributed by atoms with Crippen LogP contribution in [0.2, 0.25) is 5.02 Å². The van der Waals surface area contributed by atoms with Gasteiger partial charge < -0.3 is 9.47 Å². The Labute approximate surface area is 195 Å². The Morgan fingerprint density at radius 2 is 2.12 bits per heavy atom. The minimum Gasteiger partial charge on any atom is -0.482 e. The fourth-order valence-electron chi connectivity index (χ4n) is 3.46. The number of aromatic nitrogens is 1. The quantitative estimate of drug-likeness (QED) is 0.332. The molecule has 1 aliphatic rings. The third kappa shape index (κ3) is 4.49. The molecular formula is C24H23ClN2O4S. The number of unbranched alkanes of at least 4 members (excludes halogenated alkanes) is 1. The van der Waals surface area contributed by atoms with E-state index in [1.165, 1.54) is 16.2 Å². The second kappa shape index (κ2) is 9.71. The fraction of sp³-hybridized carbons (Fsp3) is 0.292. The van der Waals surface area contributed by atoms with E-state index in [2.05, 4.69) is 0 Å². The van der Waals surface area contributed by atoms with Gasteiger partial charge in [0.1, 0.15) is 16.8 Å². The zero-order chi connectivity index (χ0) is 22.7. The number of amides is 1. The summed E-state index contributed by atoms with van der Waals surface area (Å²) in [4.78, 5) is 31.4. The zero-order valence-corrected chi connectivity index (χ0v) is 19.4. The maximum atomic E-state index is 12.7. The summed E-state index contributed by atoms with van der Waals surface area (Å²) in [6, 6.07) is 12.3. The van der Waals surface area contributed by atoms with Gasteiger partial charge in [0, 0.05) is 16.5 Å². The van der Waals surface area contributed by atoms with Gasteiger partial charge in [-0.15, -0.1) is 11.3 Å². The third-order valence-corrected chi connectivity index (χ3v) is 6.42. The van der Waals surface area contributed by atoms with E-state index in [9.17, 15) is 9.59 Å².